The number of carbonyl (C=O) groups excluding carboxylic acids is 1. The Kier molecular flexibility index (Phi) is 4.50. The van der Waals surface area contributed by atoms with Crippen molar-refractivity contribution in [2.24, 2.45) is 5.92 Å². The Balaban J connectivity index is 1.96. The van der Waals surface area contributed by atoms with E-state index in [0.29, 0.717) is 19.5 Å². The van der Waals surface area contributed by atoms with Crippen LogP contribution in [0.25, 0.3) is 0 Å². The van der Waals surface area contributed by atoms with Crippen LogP contribution in [0.4, 0.5) is 4.79 Å². The molecule has 2 atom stereocenters. The number of benzene rings is 1. The summed E-state index contributed by atoms with van der Waals surface area (Å²) in [7, 11) is 0. The van der Waals surface area contributed by atoms with Gasteiger partial charge in [0.2, 0.25) is 0 Å². The van der Waals surface area contributed by atoms with Crippen molar-refractivity contribution < 1.29 is 14.7 Å². The van der Waals surface area contributed by atoms with Gasteiger partial charge >= 0.3 is 12.0 Å². The average molecular weight is 290 g/mol. The van der Waals surface area contributed by atoms with Crippen LogP contribution in [-0.4, -0.2) is 35.1 Å². The predicted octanol–water partition coefficient (Wildman–Crippen LogP) is 2.48. The summed E-state index contributed by atoms with van der Waals surface area (Å²) in [6.07, 6.45) is 0.529. The van der Waals surface area contributed by atoms with E-state index in [0.717, 1.165) is 5.56 Å². The SMILES string of the molecule is Cc1ccc(C(C)NC(=O)N2CCC(C(=O)O)C2)cc1C. The van der Waals surface area contributed by atoms with Gasteiger partial charge in [-0.15, -0.1) is 0 Å². The molecule has 0 aliphatic carbocycles. The van der Waals surface area contributed by atoms with E-state index < -0.39 is 11.9 Å². The van der Waals surface area contributed by atoms with Crippen molar-refractivity contribution in [2.45, 2.75) is 33.2 Å². The Morgan fingerprint density at radius 2 is 2.05 bits per heavy atom. The van der Waals surface area contributed by atoms with Crippen LogP contribution in [0, 0.1) is 19.8 Å². The van der Waals surface area contributed by atoms with Gasteiger partial charge in [0.1, 0.15) is 0 Å². The fourth-order valence-electron chi connectivity index (χ4n) is 2.54. The van der Waals surface area contributed by atoms with Crippen molar-refractivity contribution in [1.29, 1.82) is 0 Å². The zero-order valence-corrected chi connectivity index (χ0v) is 12.7. The molecule has 21 heavy (non-hydrogen) atoms. The topological polar surface area (TPSA) is 69.6 Å². The molecule has 0 aromatic heterocycles. The van der Waals surface area contributed by atoms with Crippen LogP contribution in [0.3, 0.4) is 0 Å². The summed E-state index contributed by atoms with van der Waals surface area (Å²) >= 11 is 0. The zero-order chi connectivity index (χ0) is 15.6. The predicted molar refractivity (Wildman–Crippen MR) is 80.2 cm³/mol. The highest BCUT2D eigenvalue weighted by atomic mass is 16.4. The lowest BCUT2D eigenvalue weighted by atomic mass is 10.0. The smallest absolute Gasteiger partial charge is 0.317 e. The van der Waals surface area contributed by atoms with Crippen LogP contribution in [0.1, 0.15) is 36.1 Å². The molecule has 1 heterocycles. The molecule has 1 saturated heterocycles. The molecule has 1 aliphatic heterocycles. The van der Waals surface area contributed by atoms with E-state index in [2.05, 4.69) is 18.3 Å². The Hall–Kier alpha value is -2.04. The van der Waals surface area contributed by atoms with Gasteiger partial charge in [-0.3, -0.25) is 4.79 Å². The van der Waals surface area contributed by atoms with E-state index in [9.17, 15) is 9.59 Å². The molecule has 0 saturated carbocycles. The second-order valence-electron chi connectivity index (χ2n) is 5.78. The highest BCUT2D eigenvalue weighted by Gasteiger charge is 2.31. The summed E-state index contributed by atoms with van der Waals surface area (Å²) in [5.41, 5.74) is 3.47. The first-order valence-electron chi connectivity index (χ1n) is 7.24. The minimum absolute atomic E-state index is 0.0966. The lowest BCUT2D eigenvalue weighted by molar-refractivity contribution is -0.141. The molecule has 0 bridgehead atoms. The number of aliphatic carboxylic acids is 1. The van der Waals surface area contributed by atoms with Gasteiger partial charge in [0, 0.05) is 13.1 Å². The Morgan fingerprint density at radius 1 is 1.33 bits per heavy atom. The molecule has 2 rings (SSSR count). The maximum absolute atomic E-state index is 12.2. The van der Waals surface area contributed by atoms with Crippen LogP contribution in [0.5, 0.6) is 0 Å². The fraction of sp³-hybridized carbons (Fsp3) is 0.500. The number of nitrogens with one attached hydrogen (secondary N) is 1. The van der Waals surface area contributed by atoms with Crippen molar-refractivity contribution in [3.05, 3.63) is 34.9 Å². The van der Waals surface area contributed by atoms with E-state index in [1.54, 1.807) is 4.90 Å². The van der Waals surface area contributed by atoms with Gasteiger partial charge in [-0.2, -0.15) is 0 Å². The summed E-state index contributed by atoms with van der Waals surface area (Å²) in [6.45, 7) is 6.83. The minimum Gasteiger partial charge on any atom is -0.481 e. The molecule has 0 spiro atoms. The van der Waals surface area contributed by atoms with Crippen LogP contribution < -0.4 is 5.32 Å². The average Bonchev–Trinajstić information content (AvgIpc) is 2.91. The molecule has 5 nitrogen and oxygen atoms in total. The second kappa shape index (κ2) is 6.16. The van der Waals surface area contributed by atoms with E-state index in [4.69, 9.17) is 5.11 Å². The first-order chi connectivity index (χ1) is 9.88. The first-order valence-corrected chi connectivity index (χ1v) is 7.24. The maximum Gasteiger partial charge on any atom is 0.317 e. The molecule has 1 aromatic rings. The normalized spacial score (nSPS) is 19.4. The third-order valence-electron chi connectivity index (χ3n) is 4.20. The van der Waals surface area contributed by atoms with Crippen LogP contribution >= 0.6 is 0 Å². The van der Waals surface area contributed by atoms with Gasteiger partial charge in [-0.25, -0.2) is 4.79 Å². The van der Waals surface area contributed by atoms with E-state index in [1.807, 2.05) is 26.0 Å². The summed E-state index contributed by atoms with van der Waals surface area (Å²) in [4.78, 5) is 24.7. The lowest BCUT2D eigenvalue weighted by Gasteiger charge is -2.21. The first kappa shape index (κ1) is 15.4. The van der Waals surface area contributed by atoms with Crippen LogP contribution in [-0.2, 0) is 4.79 Å². The molecular formula is C16H22N2O3. The van der Waals surface area contributed by atoms with Gasteiger partial charge in [0.25, 0.3) is 0 Å². The number of hydrogen-bond donors (Lipinski definition) is 2. The quantitative estimate of drug-likeness (QED) is 0.898. The number of carboxylic acid groups (broad SMARTS) is 1. The molecule has 2 amide bonds. The summed E-state index contributed by atoms with van der Waals surface area (Å²) in [6, 6.07) is 5.84. The van der Waals surface area contributed by atoms with Crippen molar-refractivity contribution in [3.8, 4) is 0 Å². The number of aryl methyl sites for hydroxylation is 2. The number of likely N-dealkylation sites (tertiary alicyclic amines) is 1. The number of urea groups is 1. The molecule has 1 aliphatic rings. The Morgan fingerprint density at radius 3 is 2.62 bits per heavy atom. The highest BCUT2D eigenvalue weighted by molar-refractivity contribution is 5.77. The van der Waals surface area contributed by atoms with E-state index in [-0.39, 0.29) is 12.1 Å². The highest BCUT2D eigenvalue weighted by Crippen LogP contribution is 2.19. The second-order valence-corrected chi connectivity index (χ2v) is 5.78. The minimum atomic E-state index is -0.826. The molecule has 5 heteroatoms. The van der Waals surface area contributed by atoms with Crippen molar-refractivity contribution >= 4 is 12.0 Å². The lowest BCUT2D eigenvalue weighted by Crippen LogP contribution is -2.40. The van der Waals surface area contributed by atoms with E-state index in [1.165, 1.54) is 11.1 Å². The molecule has 1 fully saturated rings. The number of nitrogens with zero attached hydrogens (tertiary/aromatic N) is 1. The molecular weight excluding hydrogens is 268 g/mol. The number of amides is 2. The largest absolute Gasteiger partial charge is 0.481 e. The summed E-state index contributed by atoms with van der Waals surface area (Å²) in [5, 5.41) is 11.9. The van der Waals surface area contributed by atoms with Gasteiger partial charge < -0.3 is 15.3 Å². The Bertz CT molecular complexity index is 556. The monoisotopic (exact) mass is 290 g/mol. The van der Waals surface area contributed by atoms with Gasteiger partial charge in [0.15, 0.2) is 0 Å². The van der Waals surface area contributed by atoms with Crippen molar-refractivity contribution in [2.75, 3.05) is 13.1 Å². The van der Waals surface area contributed by atoms with Crippen LogP contribution in [0.2, 0.25) is 0 Å². The molecule has 1 aromatic carbocycles. The van der Waals surface area contributed by atoms with Crippen molar-refractivity contribution in [1.82, 2.24) is 10.2 Å². The summed E-state index contributed by atoms with van der Waals surface area (Å²) in [5.74, 6) is -1.26. The van der Waals surface area contributed by atoms with Crippen LogP contribution in [0.15, 0.2) is 18.2 Å². The number of hydrogen-bond acceptors (Lipinski definition) is 2. The third kappa shape index (κ3) is 3.54. The molecule has 114 valence electrons. The molecule has 2 unspecified atom stereocenters. The fourth-order valence-corrected chi connectivity index (χ4v) is 2.54. The number of carbonyl (C=O) groups is 2. The maximum atomic E-state index is 12.2. The Labute approximate surface area is 125 Å². The third-order valence-corrected chi connectivity index (χ3v) is 4.20. The van der Waals surface area contributed by atoms with E-state index >= 15 is 0 Å². The van der Waals surface area contributed by atoms with Gasteiger partial charge in [-0.05, 0) is 43.9 Å². The van der Waals surface area contributed by atoms with Gasteiger partial charge in [-0.1, -0.05) is 18.2 Å². The van der Waals surface area contributed by atoms with Crippen molar-refractivity contribution in [3.63, 3.8) is 0 Å². The zero-order valence-electron chi connectivity index (χ0n) is 12.7. The number of carboxylic acids is 1. The molecule has 2 N–H and O–H groups in total. The van der Waals surface area contributed by atoms with Gasteiger partial charge in [0.05, 0.1) is 12.0 Å². The summed E-state index contributed by atoms with van der Waals surface area (Å²) < 4.78 is 0. The number of rotatable bonds is 3. The standard InChI is InChI=1S/C16H22N2O3/c1-10-4-5-13(8-11(10)2)12(3)17-16(21)18-7-6-14(9-18)15(19)20/h4-5,8,12,14H,6-7,9H2,1-3H3,(H,17,21)(H,19,20). The molecule has 0 radical (unpaired) electrons.